The van der Waals surface area contributed by atoms with Gasteiger partial charge in [0, 0.05) is 19.6 Å². The van der Waals surface area contributed by atoms with Gasteiger partial charge < -0.3 is 19.5 Å². The van der Waals surface area contributed by atoms with Crippen LogP contribution in [0.3, 0.4) is 0 Å². The normalized spacial score (nSPS) is 16.6. The van der Waals surface area contributed by atoms with E-state index in [-0.39, 0.29) is 11.8 Å². The first-order valence-electron chi connectivity index (χ1n) is 10.4. The standard InChI is InChI=1S/C22H27N5O3/c1-4-18-19-20(24-14(2)25-22(19)30-26-18)27-11-5-6-16(13-27)21(28)23-12-15-7-9-17(29-3)10-8-15/h7-10,16H,4-6,11-13H2,1-3H3,(H,23,28). The molecule has 0 bridgehead atoms. The van der Waals surface area contributed by atoms with E-state index in [0.29, 0.717) is 24.6 Å². The number of amides is 1. The lowest BCUT2D eigenvalue weighted by atomic mass is 9.96. The van der Waals surface area contributed by atoms with Crippen molar-refractivity contribution in [3.8, 4) is 5.75 Å². The molecule has 0 radical (unpaired) electrons. The average molecular weight is 409 g/mol. The Morgan fingerprint density at radius 3 is 2.83 bits per heavy atom. The lowest BCUT2D eigenvalue weighted by molar-refractivity contribution is -0.125. The summed E-state index contributed by atoms with van der Waals surface area (Å²) in [5.41, 5.74) is 2.41. The van der Waals surface area contributed by atoms with Gasteiger partial charge in [0.05, 0.1) is 18.7 Å². The number of carbonyl (C=O) groups is 1. The number of nitrogens with zero attached hydrogens (tertiary/aromatic N) is 4. The van der Waals surface area contributed by atoms with Crippen LogP contribution in [0, 0.1) is 12.8 Å². The van der Waals surface area contributed by atoms with Crippen LogP contribution in [0.15, 0.2) is 28.8 Å². The molecule has 1 saturated heterocycles. The highest BCUT2D eigenvalue weighted by molar-refractivity contribution is 5.89. The molecule has 1 aliphatic heterocycles. The van der Waals surface area contributed by atoms with Crippen molar-refractivity contribution in [3.05, 3.63) is 41.3 Å². The van der Waals surface area contributed by atoms with Crippen molar-refractivity contribution in [3.63, 3.8) is 0 Å². The van der Waals surface area contributed by atoms with Gasteiger partial charge in [0.15, 0.2) is 0 Å². The Morgan fingerprint density at radius 2 is 2.10 bits per heavy atom. The molecule has 1 atom stereocenters. The van der Waals surface area contributed by atoms with Crippen LogP contribution in [0.25, 0.3) is 11.1 Å². The fraction of sp³-hybridized carbons (Fsp3) is 0.455. The Balaban J connectivity index is 1.47. The number of hydrogen-bond acceptors (Lipinski definition) is 7. The molecule has 30 heavy (non-hydrogen) atoms. The van der Waals surface area contributed by atoms with Gasteiger partial charge in [-0.15, -0.1) is 0 Å². The predicted molar refractivity (Wildman–Crippen MR) is 113 cm³/mol. The smallest absolute Gasteiger partial charge is 0.263 e. The average Bonchev–Trinajstić information content (AvgIpc) is 3.20. The van der Waals surface area contributed by atoms with Crippen molar-refractivity contribution in [2.75, 3.05) is 25.1 Å². The highest BCUT2D eigenvalue weighted by atomic mass is 16.5. The van der Waals surface area contributed by atoms with E-state index in [1.807, 2.05) is 38.1 Å². The van der Waals surface area contributed by atoms with Crippen molar-refractivity contribution in [2.45, 2.75) is 39.7 Å². The second-order valence-corrected chi connectivity index (χ2v) is 7.61. The van der Waals surface area contributed by atoms with Gasteiger partial charge >= 0.3 is 0 Å². The molecule has 4 rings (SSSR count). The Hall–Kier alpha value is -3.16. The van der Waals surface area contributed by atoms with E-state index in [1.54, 1.807) is 7.11 Å². The van der Waals surface area contributed by atoms with Crippen molar-refractivity contribution >= 4 is 22.8 Å². The van der Waals surface area contributed by atoms with Crippen LogP contribution in [0.5, 0.6) is 5.75 Å². The Morgan fingerprint density at radius 1 is 1.30 bits per heavy atom. The zero-order valence-corrected chi connectivity index (χ0v) is 17.6. The molecule has 0 saturated carbocycles. The van der Waals surface area contributed by atoms with Crippen molar-refractivity contribution < 1.29 is 14.1 Å². The third-order valence-electron chi connectivity index (χ3n) is 5.55. The Bertz CT molecular complexity index is 1030. The maximum atomic E-state index is 12.8. The lowest BCUT2D eigenvalue weighted by Crippen LogP contribution is -2.43. The van der Waals surface area contributed by atoms with Crippen LogP contribution >= 0.6 is 0 Å². The van der Waals surface area contributed by atoms with Crippen LogP contribution in [-0.4, -0.2) is 41.2 Å². The van der Waals surface area contributed by atoms with Crippen LogP contribution in [0.1, 0.15) is 36.8 Å². The summed E-state index contributed by atoms with van der Waals surface area (Å²) < 4.78 is 10.6. The molecule has 1 N–H and O–H groups in total. The van der Waals surface area contributed by atoms with Crippen LogP contribution in [0.2, 0.25) is 0 Å². The summed E-state index contributed by atoms with van der Waals surface area (Å²) in [6.07, 6.45) is 2.53. The van der Waals surface area contributed by atoms with Crippen molar-refractivity contribution in [1.82, 2.24) is 20.4 Å². The molecule has 8 nitrogen and oxygen atoms in total. The first-order valence-corrected chi connectivity index (χ1v) is 10.4. The van der Waals surface area contributed by atoms with Gasteiger partial charge in [0.1, 0.15) is 22.8 Å². The minimum Gasteiger partial charge on any atom is -0.497 e. The first kappa shape index (κ1) is 20.1. The first-order chi connectivity index (χ1) is 14.6. The molecule has 8 heteroatoms. The maximum absolute atomic E-state index is 12.8. The quantitative estimate of drug-likeness (QED) is 0.669. The van der Waals surface area contributed by atoms with Crippen LogP contribution in [-0.2, 0) is 17.8 Å². The minimum absolute atomic E-state index is 0.0681. The molecule has 2 aromatic heterocycles. The van der Waals surface area contributed by atoms with E-state index in [9.17, 15) is 4.79 Å². The summed E-state index contributed by atoms with van der Waals surface area (Å²) in [5.74, 6) is 2.25. The van der Waals surface area contributed by atoms with Crippen molar-refractivity contribution in [2.24, 2.45) is 5.92 Å². The number of hydrogen-bond donors (Lipinski definition) is 1. The van der Waals surface area contributed by atoms with Gasteiger partial charge in [-0.2, -0.15) is 4.98 Å². The lowest BCUT2D eigenvalue weighted by Gasteiger charge is -2.33. The number of aryl methyl sites for hydroxylation is 2. The Labute approximate surface area is 175 Å². The molecule has 158 valence electrons. The predicted octanol–water partition coefficient (Wildman–Crippen LogP) is 3.03. The van der Waals surface area contributed by atoms with Gasteiger partial charge in [-0.05, 0) is 43.9 Å². The van der Waals surface area contributed by atoms with E-state index >= 15 is 0 Å². The van der Waals surface area contributed by atoms with Gasteiger partial charge in [0.2, 0.25) is 5.91 Å². The van der Waals surface area contributed by atoms with Crippen LogP contribution in [0.4, 0.5) is 5.82 Å². The van der Waals surface area contributed by atoms with E-state index < -0.39 is 0 Å². The molecule has 0 spiro atoms. The molecule has 1 aromatic carbocycles. The zero-order chi connectivity index (χ0) is 21.1. The number of fused-ring (bicyclic) bond motifs is 1. The number of carbonyl (C=O) groups excluding carboxylic acids is 1. The topological polar surface area (TPSA) is 93.4 Å². The van der Waals surface area contributed by atoms with Gasteiger partial charge in [-0.3, -0.25) is 4.79 Å². The summed E-state index contributed by atoms with van der Waals surface area (Å²) in [4.78, 5) is 24.1. The molecule has 1 amide bonds. The van der Waals surface area contributed by atoms with Crippen molar-refractivity contribution in [1.29, 1.82) is 0 Å². The highest BCUT2D eigenvalue weighted by Gasteiger charge is 2.29. The summed E-state index contributed by atoms with van der Waals surface area (Å²) in [7, 11) is 1.64. The number of rotatable bonds is 6. The summed E-state index contributed by atoms with van der Waals surface area (Å²) in [6.45, 7) is 5.85. The molecule has 1 aliphatic rings. The largest absolute Gasteiger partial charge is 0.497 e. The molecule has 1 unspecified atom stereocenters. The molecule has 3 heterocycles. The summed E-state index contributed by atoms with van der Waals surface area (Å²) >= 11 is 0. The molecule has 0 aliphatic carbocycles. The molecular formula is C22H27N5O3. The van der Waals surface area contributed by atoms with Gasteiger partial charge in [-0.25, -0.2) is 4.98 Å². The fourth-order valence-corrected chi connectivity index (χ4v) is 3.93. The van der Waals surface area contributed by atoms with E-state index in [2.05, 4.69) is 25.3 Å². The monoisotopic (exact) mass is 409 g/mol. The Kier molecular flexibility index (Phi) is 5.83. The third kappa shape index (κ3) is 4.08. The second-order valence-electron chi connectivity index (χ2n) is 7.61. The van der Waals surface area contributed by atoms with E-state index in [0.717, 1.165) is 54.0 Å². The number of nitrogens with one attached hydrogen (secondary N) is 1. The second kappa shape index (κ2) is 8.69. The minimum atomic E-state index is -0.0905. The summed E-state index contributed by atoms with van der Waals surface area (Å²) in [6, 6.07) is 7.73. The highest BCUT2D eigenvalue weighted by Crippen LogP contribution is 2.31. The SMILES string of the molecule is CCc1noc2nc(C)nc(N3CCCC(C(=O)NCc4ccc(OC)cc4)C3)c12. The number of piperidine rings is 1. The van der Waals surface area contributed by atoms with Gasteiger partial charge in [0.25, 0.3) is 5.71 Å². The fourth-order valence-electron chi connectivity index (χ4n) is 3.93. The van der Waals surface area contributed by atoms with Crippen LogP contribution < -0.4 is 15.0 Å². The maximum Gasteiger partial charge on any atom is 0.263 e. The van der Waals surface area contributed by atoms with E-state index in [1.165, 1.54) is 0 Å². The number of aromatic nitrogens is 3. The number of benzene rings is 1. The summed E-state index contributed by atoms with van der Waals surface area (Å²) in [5, 5.41) is 8.09. The number of ether oxygens (including phenoxy) is 1. The van der Waals surface area contributed by atoms with E-state index in [4.69, 9.17) is 9.26 Å². The molecule has 1 fully saturated rings. The molecule has 3 aromatic rings. The zero-order valence-electron chi connectivity index (χ0n) is 17.6. The molecular weight excluding hydrogens is 382 g/mol. The number of methoxy groups -OCH3 is 1. The number of anilines is 1. The third-order valence-corrected chi connectivity index (χ3v) is 5.55. The van der Waals surface area contributed by atoms with Gasteiger partial charge in [-0.1, -0.05) is 24.2 Å².